The molecule has 2 aliphatic heterocycles. The van der Waals surface area contributed by atoms with Crippen LogP contribution in [0.5, 0.6) is 0 Å². The molecule has 28 heavy (non-hydrogen) atoms. The van der Waals surface area contributed by atoms with E-state index in [1.54, 1.807) is 24.3 Å². The Bertz CT molecular complexity index is 832. The Hall–Kier alpha value is -1.00. The predicted octanol–water partition coefficient (Wildman–Crippen LogP) is 0.858. The first-order valence-electron chi connectivity index (χ1n) is 9.98. The SMILES string of the molecule is Cc1ccc(S(=O)(=O)NCCCN2CCC(N3CCS(=O)(=O)CC3)CC2)cc1. The van der Waals surface area contributed by atoms with Crippen LogP contribution in [0.15, 0.2) is 29.2 Å². The maximum Gasteiger partial charge on any atom is 0.240 e. The Kier molecular flexibility index (Phi) is 7.14. The van der Waals surface area contributed by atoms with E-state index < -0.39 is 19.9 Å². The zero-order chi connectivity index (χ0) is 20.2. The molecule has 3 rings (SSSR count). The number of rotatable bonds is 7. The van der Waals surface area contributed by atoms with E-state index in [1.807, 2.05) is 6.92 Å². The van der Waals surface area contributed by atoms with Crippen molar-refractivity contribution < 1.29 is 16.8 Å². The zero-order valence-corrected chi connectivity index (χ0v) is 18.1. The van der Waals surface area contributed by atoms with Crippen LogP contribution >= 0.6 is 0 Å². The van der Waals surface area contributed by atoms with Gasteiger partial charge in [0.25, 0.3) is 0 Å². The van der Waals surface area contributed by atoms with E-state index in [-0.39, 0.29) is 11.5 Å². The molecule has 1 aromatic rings. The van der Waals surface area contributed by atoms with Gasteiger partial charge < -0.3 is 4.90 Å². The number of hydrogen-bond donors (Lipinski definition) is 1. The molecule has 1 N–H and O–H groups in total. The molecule has 0 unspecified atom stereocenters. The lowest BCUT2D eigenvalue weighted by molar-refractivity contribution is 0.114. The smallest absolute Gasteiger partial charge is 0.240 e. The van der Waals surface area contributed by atoms with Gasteiger partial charge in [0.2, 0.25) is 10.0 Å². The molecule has 0 radical (unpaired) electrons. The van der Waals surface area contributed by atoms with Crippen molar-refractivity contribution in [2.75, 3.05) is 50.8 Å². The summed E-state index contributed by atoms with van der Waals surface area (Å²) in [5.74, 6) is 0.572. The van der Waals surface area contributed by atoms with Crippen LogP contribution in [0, 0.1) is 6.92 Å². The molecule has 0 atom stereocenters. The third-order valence-electron chi connectivity index (χ3n) is 5.73. The summed E-state index contributed by atoms with van der Waals surface area (Å²) in [6.45, 7) is 6.52. The fourth-order valence-corrected chi connectivity index (χ4v) is 6.21. The van der Waals surface area contributed by atoms with Crippen LogP contribution in [0.3, 0.4) is 0 Å². The number of nitrogens with one attached hydrogen (secondary N) is 1. The molecule has 0 spiro atoms. The van der Waals surface area contributed by atoms with E-state index in [0.717, 1.165) is 44.5 Å². The van der Waals surface area contributed by atoms with Crippen LogP contribution in [0.25, 0.3) is 0 Å². The van der Waals surface area contributed by atoms with Crippen LogP contribution in [-0.4, -0.2) is 83.5 Å². The molecule has 1 aromatic carbocycles. The van der Waals surface area contributed by atoms with E-state index in [4.69, 9.17) is 0 Å². The van der Waals surface area contributed by atoms with E-state index in [9.17, 15) is 16.8 Å². The number of benzene rings is 1. The van der Waals surface area contributed by atoms with Crippen molar-refractivity contribution in [3.05, 3.63) is 29.8 Å². The van der Waals surface area contributed by atoms with Crippen LogP contribution < -0.4 is 4.72 Å². The first-order valence-corrected chi connectivity index (χ1v) is 13.3. The quantitative estimate of drug-likeness (QED) is 0.647. The number of likely N-dealkylation sites (tertiary alicyclic amines) is 1. The van der Waals surface area contributed by atoms with Crippen LogP contribution in [0.2, 0.25) is 0 Å². The van der Waals surface area contributed by atoms with E-state index in [2.05, 4.69) is 14.5 Å². The van der Waals surface area contributed by atoms with Crippen molar-refractivity contribution in [3.63, 3.8) is 0 Å². The summed E-state index contributed by atoms with van der Waals surface area (Å²) in [7, 11) is -6.26. The average Bonchev–Trinajstić information content (AvgIpc) is 2.66. The van der Waals surface area contributed by atoms with Gasteiger partial charge in [0.05, 0.1) is 16.4 Å². The second kappa shape index (κ2) is 9.21. The summed E-state index contributed by atoms with van der Waals surface area (Å²) in [5.41, 5.74) is 1.04. The Morgan fingerprint density at radius 2 is 1.64 bits per heavy atom. The molecule has 2 aliphatic rings. The Labute approximate surface area is 169 Å². The van der Waals surface area contributed by atoms with Crippen molar-refractivity contribution in [2.45, 2.75) is 37.1 Å². The van der Waals surface area contributed by atoms with Gasteiger partial charge in [0, 0.05) is 25.7 Å². The second-order valence-corrected chi connectivity index (χ2v) is 11.9. The summed E-state index contributed by atoms with van der Waals surface area (Å²) in [5, 5.41) is 0. The predicted molar refractivity (Wildman–Crippen MR) is 111 cm³/mol. The Morgan fingerprint density at radius 1 is 1.04 bits per heavy atom. The summed E-state index contributed by atoms with van der Waals surface area (Å²) < 4.78 is 50.4. The number of hydrogen-bond acceptors (Lipinski definition) is 6. The molecule has 158 valence electrons. The second-order valence-electron chi connectivity index (χ2n) is 7.82. The molecule has 2 fully saturated rings. The molecule has 7 nitrogen and oxygen atoms in total. The van der Waals surface area contributed by atoms with E-state index in [0.29, 0.717) is 30.6 Å². The van der Waals surface area contributed by atoms with Gasteiger partial charge in [-0.15, -0.1) is 0 Å². The van der Waals surface area contributed by atoms with Crippen molar-refractivity contribution in [3.8, 4) is 0 Å². The van der Waals surface area contributed by atoms with Gasteiger partial charge in [0.1, 0.15) is 0 Å². The third-order valence-corrected chi connectivity index (χ3v) is 8.81. The molecule has 2 heterocycles. The van der Waals surface area contributed by atoms with Crippen LogP contribution in [0.1, 0.15) is 24.8 Å². The molecule has 0 aromatic heterocycles. The van der Waals surface area contributed by atoms with Crippen molar-refractivity contribution in [1.29, 1.82) is 0 Å². The van der Waals surface area contributed by atoms with Gasteiger partial charge in [-0.1, -0.05) is 17.7 Å². The van der Waals surface area contributed by atoms with Gasteiger partial charge in [-0.05, 0) is 58.0 Å². The third kappa shape index (κ3) is 6.00. The van der Waals surface area contributed by atoms with Gasteiger partial charge in [0.15, 0.2) is 9.84 Å². The molecule has 2 saturated heterocycles. The number of sulfonamides is 1. The molecule has 0 saturated carbocycles. The minimum atomic E-state index is -3.44. The number of aryl methyl sites for hydroxylation is 1. The van der Waals surface area contributed by atoms with Crippen molar-refractivity contribution >= 4 is 19.9 Å². The summed E-state index contributed by atoms with van der Waals surface area (Å²) in [4.78, 5) is 5.01. The summed E-state index contributed by atoms with van der Waals surface area (Å²) in [6.07, 6.45) is 2.88. The normalized spacial score (nSPS) is 22.3. The summed E-state index contributed by atoms with van der Waals surface area (Å²) >= 11 is 0. The van der Waals surface area contributed by atoms with Crippen LogP contribution in [0.4, 0.5) is 0 Å². The first-order chi connectivity index (χ1) is 13.3. The Morgan fingerprint density at radius 3 is 2.25 bits per heavy atom. The van der Waals surface area contributed by atoms with E-state index >= 15 is 0 Å². The molecular formula is C19H31N3O4S2. The highest BCUT2D eigenvalue weighted by Gasteiger charge is 2.29. The number of piperidine rings is 1. The average molecular weight is 430 g/mol. The van der Waals surface area contributed by atoms with Gasteiger partial charge in [-0.2, -0.15) is 0 Å². The molecule has 0 aliphatic carbocycles. The largest absolute Gasteiger partial charge is 0.303 e. The molecule has 0 bridgehead atoms. The fraction of sp³-hybridized carbons (Fsp3) is 0.684. The minimum absolute atomic E-state index is 0.286. The summed E-state index contributed by atoms with van der Waals surface area (Å²) in [6, 6.07) is 7.35. The topological polar surface area (TPSA) is 86.8 Å². The maximum atomic E-state index is 12.3. The lowest BCUT2D eigenvalue weighted by Gasteiger charge is -2.40. The van der Waals surface area contributed by atoms with Crippen LogP contribution in [-0.2, 0) is 19.9 Å². The highest BCUT2D eigenvalue weighted by atomic mass is 32.2. The monoisotopic (exact) mass is 429 g/mol. The lowest BCUT2D eigenvalue weighted by atomic mass is 10.0. The fourth-order valence-electron chi connectivity index (χ4n) is 3.91. The molecule has 9 heteroatoms. The number of nitrogens with zero attached hydrogens (tertiary/aromatic N) is 2. The number of sulfone groups is 1. The van der Waals surface area contributed by atoms with Crippen molar-refractivity contribution in [1.82, 2.24) is 14.5 Å². The lowest BCUT2D eigenvalue weighted by Crippen LogP contribution is -2.50. The minimum Gasteiger partial charge on any atom is -0.303 e. The Balaban J connectivity index is 1.35. The van der Waals surface area contributed by atoms with Gasteiger partial charge in [-0.25, -0.2) is 21.6 Å². The highest BCUT2D eigenvalue weighted by Crippen LogP contribution is 2.19. The zero-order valence-electron chi connectivity index (χ0n) is 16.5. The molecular weight excluding hydrogens is 398 g/mol. The van der Waals surface area contributed by atoms with Gasteiger partial charge in [-0.3, -0.25) is 4.90 Å². The first kappa shape index (κ1) is 21.7. The highest BCUT2D eigenvalue weighted by molar-refractivity contribution is 7.91. The van der Waals surface area contributed by atoms with Crippen molar-refractivity contribution in [2.24, 2.45) is 0 Å². The maximum absolute atomic E-state index is 12.3. The standard InChI is InChI=1S/C19H31N3O4S2/c1-17-3-5-19(6-4-17)28(25,26)20-9-2-10-21-11-7-18(8-12-21)22-13-15-27(23,24)16-14-22/h3-6,18,20H,2,7-16H2,1H3. The molecule has 0 amide bonds. The van der Waals surface area contributed by atoms with E-state index in [1.165, 1.54) is 0 Å². The van der Waals surface area contributed by atoms with Gasteiger partial charge >= 0.3 is 0 Å².